The Morgan fingerprint density at radius 1 is 1.35 bits per heavy atom. The fourth-order valence-electron chi connectivity index (χ4n) is 3.50. The number of hydrogen-bond donors (Lipinski definition) is 2. The van der Waals surface area contributed by atoms with Crippen LogP contribution in [-0.4, -0.2) is 41.1 Å². The van der Waals surface area contributed by atoms with Gasteiger partial charge in [0.05, 0.1) is 12.7 Å². The lowest BCUT2D eigenvalue weighted by Crippen LogP contribution is -2.50. The zero-order chi connectivity index (χ0) is 14.3. The van der Waals surface area contributed by atoms with Crippen LogP contribution in [0.1, 0.15) is 36.0 Å². The number of phenolic OH excluding ortho intramolecular Hbond substituents is 1. The van der Waals surface area contributed by atoms with E-state index < -0.39 is 0 Å². The van der Waals surface area contributed by atoms with Gasteiger partial charge in [-0.3, -0.25) is 4.79 Å². The first-order valence-electron chi connectivity index (χ1n) is 7.05. The zero-order valence-electron chi connectivity index (χ0n) is 11.6. The zero-order valence-corrected chi connectivity index (χ0v) is 11.6. The second kappa shape index (κ2) is 4.98. The molecule has 3 N–H and O–H groups in total. The number of amides is 1. The third-order valence-electron chi connectivity index (χ3n) is 4.44. The number of nitrogens with two attached hydrogens (primary N) is 1. The molecule has 2 aliphatic heterocycles. The molecule has 2 heterocycles. The summed E-state index contributed by atoms with van der Waals surface area (Å²) in [6.45, 7) is 0. The molecular weight excluding hydrogens is 256 g/mol. The van der Waals surface area contributed by atoms with E-state index in [1.54, 1.807) is 19.2 Å². The molecule has 5 heteroatoms. The van der Waals surface area contributed by atoms with E-state index in [0.29, 0.717) is 11.3 Å². The summed E-state index contributed by atoms with van der Waals surface area (Å²) >= 11 is 0. The Hall–Kier alpha value is -1.75. The van der Waals surface area contributed by atoms with E-state index in [1.165, 1.54) is 6.07 Å². The lowest BCUT2D eigenvalue weighted by Gasteiger charge is -2.37. The lowest BCUT2D eigenvalue weighted by molar-refractivity contribution is 0.0572. The highest BCUT2D eigenvalue weighted by Crippen LogP contribution is 2.37. The van der Waals surface area contributed by atoms with Crippen LogP contribution in [0.2, 0.25) is 0 Å². The van der Waals surface area contributed by atoms with Crippen LogP contribution in [0, 0.1) is 0 Å². The Morgan fingerprint density at radius 2 is 2.00 bits per heavy atom. The molecule has 0 spiro atoms. The minimum atomic E-state index is -0.110. The summed E-state index contributed by atoms with van der Waals surface area (Å²) in [6, 6.07) is 5.36. The maximum atomic E-state index is 12.7. The van der Waals surface area contributed by atoms with Crippen LogP contribution in [-0.2, 0) is 0 Å². The van der Waals surface area contributed by atoms with Gasteiger partial charge in [-0.25, -0.2) is 0 Å². The summed E-state index contributed by atoms with van der Waals surface area (Å²) in [5.41, 5.74) is 6.34. The van der Waals surface area contributed by atoms with Crippen molar-refractivity contribution in [1.82, 2.24) is 4.90 Å². The maximum Gasteiger partial charge on any atom is 0.258 e. The first-order chi connectivity index (χ1) is 9.60. The molecule has 1 aromatic carbocycles. The van der Waals surface area contributed by atoms with Crippen LogP contribution in [0.15, 0.2) is 18.2 Å². The number of ether oxygens (including phenoxy) is 1. The molecule has 0 aromatic heterocycles. The van der Waals surface area contributed by atoms with Gasteiger partial charge in [-0.05, 0) is 43.9 Å². The van der Waals surface area contributed by atoms with Crippen molar-refractivity contribution in [3.8, 4) is 11.5 Å². The van der Waals surface area contributed by atoms with Crippen molar-refractivity contribution in [2.45, 2.75) is 43.8 Å². The van der Waals surface area contributed by atoms with Gasteiger partial charge in [0.2, 0.25) is 0 Å². The Bertz CT molecular complexity index is 518. The van der Waals surface area contributed by atoms with Crippen LogP contribution in [0.4, 0.5) is 0 Å². The number of rotatable bonds is 2. The Kier molecular flexibility index (Phi) is 3.30. The van der Waals surface area contributed by atoms with Gasteiger partial charge in [-0.15, -0.1) is 0 Å². The Balaban J connectivity index is 1.90. The molecule has 20 heavy (non-hydrogen) atoms. The van der Waals surface area contributed by atoms with Crippen molar-refractivity contribution < 1.29 is 14.6 Å². The van der Waals surface area contributed by atoms with Crippen LogP contribution >= 0.6 is 0 Å². The molecule has 2 aliphatic rings. The molecule has 2 atom stereocenters. The largest absolute Gasteiger partial charge is 0.507 e. The van der Waals surface area contributed by atoms with Gasteiger partial charge in [0, 0.05) is 18.1 Å². The first-order valence-corrected chi connectivity index (χ1v) is 7.05. The van der Waals surface area contributed by atoms with Crippen molar-refractivity contribution in [2.24, 2.45) is 5.73 Å². The molecule has 1 amide bonds. The molecule has 0 aliphatic carbocycles. The van der Waals surface area contributed by atoms with Crippen molar-refractivity contribution >= 4 is 5.91 Å². The highest BCUT2D eigenvalue weighted by atomic mass is 16.5. The third kappa shape index (κ3) is 2.12. The van der Waals surface area contributed by atoms with Gasteiger partial charge in [0.1, 0.15) is 11.5 Å². The second-order valence-electron chi connectivity index (χ2n) is 5.71. The predicted octanol–water partition coefficient (Wildman–Crippen LogP) is 1.50. The van der Waals surface area contributed by atoms with Gasteiger partial charge >= 0.3 is 0 Å². The van der Waals surface area contributed by atoms with E-state index in [9.17, 15) is 9.90 Å². The average molecular weight is 276 g/mol. The number of carbonyl (C=O) groups excluding carboxylic acids is 1. The number of piperidine rings is 1. The molecule has 1 aromatic rings. The number of methoxy groups -OCH3 is 1. The Labute approximate surface area is 118 Å². The molecule has 3 rings (SSSR count). The number of nitrogens with zero attached hydrogens (tertiary/aromatic N) is 1. The summed E-state index contributed by atoms with van der Waals surface area (Å²) in [6.07, 6.45) is 3.73. The third-order valence-corrected chi connectivity index (χ3v) is 4.44. The number of carbonyl (C=O) groups is 1. The standard InChI is InChI=1S/C15H20N2O3/c1-20-12-4-5-14(18)13(8-12)15(19)17-10-2-3-11(17)7-9(16)6-10/h4-5,8-11,18H,2-3,6-7,16H2,1H3. The van der Waals surface area contributed by atoms with Crippen LogP contribution in [0.3, 0.4) is 0 Å². The topological polar surface area (TPSA) is 75.8 Å². The predicted molar refractivity (Wildman–Crippen MR) is 74.8 cm³/mol. The van der Waals surface area contributed by atoms with Crippen LogP contribution < -0.4 is 10.5 Å². The summed E-state index contributed by atoms with van der Waals surface area (Å²) < 4.78 is 5.13. The van der Waals surface area contributed by atoms with E-state index in [2.05, 4.69) is 0 Å². The van der Waals surface area contributed by atoms with Crippen LogP contribution in [0.25, 0.3) is 0 Å². The molecule has 2 fully saturated rings. The summed E-state index contributed by atoms with van der Waals surface area (Å²) in [5.74, 6) is 0.470. The van der Waals surface area contributed by atoms with Gasteiger partial charge in [-0.2, -0.15) is 0 Å². The summed E-state index contributed by atoms with van der Waals surface area (Å²) in [4.78, 5) is 14.6. The number of fused-ring (bicyclic) bond motifs is 2. The number of hydrogen-bond acceptors (Lipinski definition) is 4. The molecule has 2 unspecified atom stereocenters. The van der Waals surface area contributed by atoms with Crippen molar-refractivity contribution in [3.63, 3.8) is 0 Å². The smallest absolute Gasteiger partial charge is 0.258 e. The highest BCUT2D eigenvalue weighted by molar-refractivity contribution is 5.98. The van der Waals surface area contributed by atoms with Crippen LogP contribution in [0.5, 0.6) is 11.5 Å². The van der Waals surface area contributed by atoms with E-state index in [4.69, 9.17) is 10.5 Å². The van der Waals surface area contributed by atoms with Gasteiger partial charge in [-0.1, -0.05) is 0 Å². The quantitative estimate of drug-likeness (QED) is 0.858. The van der Waals surface area contributed by atoms with Gasteiger partial charge in [0.15, 0.2) is 0 Å². The monoisotopic (exact) mass is 276 g/mol. The maximum absolute atomic E-state index is 12.7. The molecule has 5 nitrogen and oxygen atoms in total. The van der Waals surface area contributed by atoms with E-state index in [0.717, 1.165) is 25.7 Å². The summed E-state index contributed by atoms with van der Waals surface area (Å²) in [5, 5.41) is 9.95. The van der Waals surface area contributed by atoms with Crippen molar-refractivity contribution in [3.05, 3.63) is 23.8 Å². The first kappa shape index (κ1) is 13.2. The minimum absolute atomic E-state index is 0.00470. The fraction of sp³-hybridized carbons (Fsp3) is 0.533. The molecule has 0 radical (unpaired) electrons. The molecule has 0 saturated carbocycles. The average Bonchev–Trinajstić information content (AvgIpc) is 2.71. The molecule has 108 valence electrons. The fourth-order valence-corrected chi connectivity index (χ4v) is 3.50. The van der Waals surface area contributed by atoms with Crippen molar-refractivity contribution in [1.29, 1.82) is 0 Å². The Morgan fingerprint density at radius 3 is 2.60 bits per heavy atom. The van der Waals surface area contributed by atoms with Gasteiger partial charge < -0.3 is 20.5 Å². The van der Waals surface area contributed by atoms with E-state index in [-0.39, 0.29) is 29.8 Å². The second-order valence-corrected chi connectivity index (χ2v) is 5.71. The van der Waals surface area contributed by atoms with E-state index >= 15 is 0 Å². The number of aromatic hydroxyl groups is 1. The van der Waals surface area contributed by atoms with Gasteiger partial charge in [0.25, 0.3) is 5.91 Å². The number of phenols is 1. The molecular formula is C15H20N2O3. The highest BCUT2D eigenvalue weighted by Gasteiger charge is 2.42. The summed E-state index contributed by atoms with van der Waals surface area (Å²) in [7, 11) is 1.55. The lowest BCUT2D eigenvalue weighted by atomic mass is 9.97. The SMILES string of the molecule is COc1ccc(O)c(C(=O)N2C3CCC2CC(N)C3)c1. The van der Waals surface area contributed by atoms with Crippen molar-refractivity contribution in [2.75, 3.05) is 7.11 Å². The van der Waals surface area contributed by atoms with E-state index in [1.807, 2.05) is 4.90 Å². The number of benzene rings is 1. The molecule has 2 bridgehead atoms. The molecule has 2 saturated heterocycles. The minimum Gasteiger partial charge on any atom is -0.507 e. The normalized spacial score (nSPS) is 28.5.